The Bertz CT molecular complexity index is 412. The van der Waals surface area contributed by atoms with E-state index in [1.165, 1.54) is 19.3 Å². The van der Waals surface area contributed by atoms with Gasteiger partial charge in [-0.2, -0.15) is 0 Å². The number of non-ortho nitro benzene ring substituents is 1. The van der Waals surface area contributed by atoms with E-state index in [2.05, 4.69) is 19.2 Å². The van der Waals surface area contributed by atoms with Crippen molar-refractivity contribution in [2.24, 2.45) is 5.92 Å². The van der Waals surface area contributed by atoms with Crippen molar-refractivity contribution in [3.63, 3.8) is 0 Å². The van der Waals surface area contributed by atoms with Crippen molar-refractivity contribution in [2.45, 2.75) is 45.2 Å². The Balaban J connectivity index is 1.90. The van der Waals surface area contributed by atoms with Crippen LogP contribution in [0.2, 0.25) is 0 Å². The van der Waals surface area contributed by atoms with Gasteiger partial charge in [0.05, 0.1) is 4.92 Å². The second-order valence-corrected chi connectivity index (χ2v) is 5.32. The molecular formula is C14H20N2O2. The summed E-state index contributed by atoms with van der Waals surface area (Å²) >= 11 is 0. The van der Waals surface area contributed by atoms with Crippen LogP contribution in [0.5, 0.6) is 0 Å². The molecule has 0 heterocycles. The van der Waals surface area contributed by atoms with E-state index in [1.54, 1.807) is 12.1 Å². The Morgan fingerprint density at radius 2 is 1.94 bits per heavy atom. The molecule has 1 aromatic rings. The third-order valence-corrected chi connectivity index (χ3v) is 3.52. The monoisotopic (exact) mass is 248 g/mol. The Kier molecular flexibility index (Phi) is 3.97. The SMILES string of the molecule is CC(CC1CC1)NC(C)c1ccc([N+](=O)[O-])cc1. The molecule has 1 fully saturated rings. The van der Waals surface area contributed by atoms with E-state index in [0.717, 1.165) is 11.5 Å². The molecule has 0 aromatic heterocycles. The molecule has 2 rings (SSSR count). The average Bonchev–Trinajstić information content (AvgIpc) is 3.12. The first-order chi connectivity index (χ1) is 8.56. The van der Waals surface area contributed by atoms with Crippen molar-refractivity contribution in [3.8, 4) is 0 Å². The van der Waals surface area contributed by atoms with E-state index in [9.17, 15) is 10.1 Å². The number of hydrogen-bond donors (Lipinski definition) is 1. The Hall–Kier alpha value is -1.42. The molecule has 1 aliphatic carbocycles. The van der Waals surface area contributed by atoms with Gasteiger partial charge in [-0.05, 0) is 31.7 Å². The summed E-state index contributed by atoms with van der Waals surface area (Å²) < 4.78 is 0. The molecule has 0 aliphatic heterocycles. The first-order valence-corrected chi connectivity index (χ1v) is 6.56. The third-order valence-electron chi connectivity index (χ3n) is 3.52. The van der Waals surface area contributed by atoms with Crippen LogP contribution in [0, 0.1) is 16.0 Å². The molecule has 4 heteroatoms. The molecule has 1 saturated carbocycles. The zero-order chi connectivity index (χ0) is 13.1. The van der Waals surface area contributed by atoms with Crippen molar-refractivity contribution in [1.29, 1.82) is 0 Å². The van der Waals surface area contributed by atoms with Gasteiger partial charge < -0.3 is 5.32 Å². The predicted molar refractivity (Wildman–Crippen MR) is 71.5 cm³/mol. The van der Waals surface area contributed by atoms with E-state index < -0.39 is 0 Å². The van der Waals surface area contributed by atoms with Crippen LogP contribution in [0.4, 0.5) is 5.69 Å². The maximum Gasteiger partial charge on any atom is 0.269 e. The molecular weight excluding hydrogens is 228 g/mol. The van der Waals surface area contributed by atoms with Crippen molar-refractivity contribution in [3.05, 3.63) is 39.9 Å². The summed E-state index contributed by atoms with van der Waals surface area (Å²) in [4.78, 5) is 10.2. The molecule has 0 radical (unpaired) electrons. The predicted octanol–water partition coefficient (Wildman–Crippen LogP) is 3.43. The number of hydrogen-bond acceptors (Lipinski definition) is 3. The highest BCUT2D eigenvalue weighted by Crippen LogP contribution is 2.33. The standard InChI is InChI=1S/C14H20N2O2/c1-10(9-12-3-4-12)15-11(2)13-5-7-14(8-6-13)16(17)18/h5-8,10-12,15H,3-4,9H2,1-2H3. The van der Waals surface area contributed by atoms with Gasteiger partial charge in [-0.1, -0.05) is 25.0 Å². The molecule has 1 aromatic carbocycles. The summed E-state index contributed by atoms with van der Waals surface area (Å²) in [6, 6.07) is 7.54. The summed E-state index contributed by atoms with van der Waals surface area (Å²) in [6.07, 6.45) is 3.98. The van der Waals surface area contributed by atoms with Gasteiger partial charge >= 0.3 is 0 Å². The third kappa shape index (κ3) is 3.53. The number of nitro groups is 1. The van der Waals surface area contributed by atoms with Crippen LogP contribution in [0.3, 0.4) is 0 Å². The average molecular weight is 248 g/mol. The van der Waals surface area contributed by atoms with E-state index in [1.807, 2.05) is 12.1 Å². The fourth-order valence-corrected chi connectivity index (χ4v) is 2.33. The van der Waals surface area contributed by atoms with Gasteiger partial charge in [0.15, 0.2) is 0 Å². The second-order valence-electron chi connectivity index (χ2n) is 5.32. The molecule has 0 spiro atoms. The summed E-state index contributed by atoms with van der Waals surface area (Å²) in [5.41, 5.74) is 1.25. The number of rotatable bonds is 6. The maximum atomic E-state index is 10.6. The Morgan fingerprint density at radius 1 is 1.33 bits per heavy atom. The molecule has 2 atom stereocenters. The minimum absolute atomic E-state index is 0.150. The minimum Gasteiger partial charge on any atom is -0.308 e. The summed E-state index contributed by atoms with van der Waals surface area (Å²) in [6.45, 7) is 4.31. The lowest BCUT2D eigenvalue weighted by Crippen LogP contribution is -2.29. The molecule has 0 saturated heterocycles. The van der Waals surface area contributed by atoms with Crippen LogP contribution >= 0.6 is 0 Å². The summed E-state index contributed by atoms with van der Waals surface area (Å²) in [5, 5.41) is 14.1. The van der Waals surface area contributed by atoms with E-state index in [4.69, 9.17) is 0 Å². The molecule has 1 aliphatic rings. The fourth-order valence-electron chi connectivity index (χ4n) is 2.33. The number of benzene rings is 1. The van der Waals surface area contributed by atoms with Gasteiger partial charge in [0.2, 0.25) is 0 Å². The molecule has 0 amide bonds. The summed E-state index contributed by atoms with van der Waals surface area (Å²) in [5.74, 6) is 0.913. The topological polar surface area (TPSA) is 55.2 Å². The highest BCUT2D eigenvalue weighted by Gasteiger charge is 2.24. The van der Waals surface area contributed by atoms with Gasteiger partial charge in [0, 0.05) is 24.2 Å². The van der Waals surface area contributed by atoms with E-state index >= 15 is 0 Å². The number of nitro benzene ring substituents is 1. The smallest absolute Gasteiger partial charge is 0.269 e. The fraction of sp³-hybridized carbons (Fsp3) is 0.571. The highest BCUT2D eigenvalue weighted by molar-refractivity contribution is 5.34. The molecule has 98 valence electrons. The molecule has 1 N–H and O–H groups in total. The quantitative estimate of drug-likeness (QED) is 0.619. The molecule has 0 bridgehead atoms. The van der Waals surface area contributed by atoms with Crippen LogP contribution in [0.25, 0.3) is 0 Å². The van der Waals surface area contributed by atoms with Crippen LogP contribution in [0.1, 0.15) is 44.7 Å². The molecule has 4 nitrogen and oxygen atoms in total. The van der Waals surface area contributed by atoms with Crippen LogP contribution in [-0.2, 0) is 0 Å². The van der Waals surface area contributed by atoms with Gasteiger partial charge in [0.25, 0.3) is 5.69 Å². The Morgan fingerprint density at radius 3 is 2.44 bits per heavy atom. The zero-order valence-corrected chi connectivity index (χ0v) is 10.9. The maximum absolute atomic E-state index is 10.6. The van der Waals surface area contributed by atoms with Crippen molar-refractivity contribution in [1.82, 2.24) is 5.32 Å². The van der Waals surface area contributed by atoms with Crippen LogP contribution < -0.4 is 5.32 Å². The van der Waals surface area contributed by atoms with Crippen LogP contribution in [0.15, 0.2) is 24.3 Å². The van der Waals surface area contributed by atoms with Crippen LogP contribution in [-0.4, -0.2) is 11.0 Å². The Labute approximate surface area is 108 Å². The van der Waals surface area contributed by atoms with Gasteiger partial charge in [-0.15, -0.1) is 0 Å². The van der Waals surface area contributed by atoms with Crippen molar-refractivity contribution >= 4 is 5.69 Å². The lowest BCUT2D eigenvalue weighted by Gasteiger charge is -2.20. The van der Waals surface area contributed by atoms with E-state index in [-0.39, 0.29) is 16.7 Å². The van der Waals surface area contributed by atoms with Gasteiger partial charge in [-0.3, -0.25) is 10.1 Å². The van der Waals surface area contributed by atoms with E-state index in [0.29, 0.717) is 6.04 Å². The molecule has 18 heavy (non-hydrogen) atoms. The lowest BCUT2D eigenvalue weighted by molar-refractivity contribution is -0.384. The van der Waals surface area contributed by atoms with Gasteiger partial charge in [-0.25, -0.2) is 0 Å². The number of nitrogens with one attached hydrogen (secondary N) is 1. The zero-order valence-electron chi connectivity index (χ0n) is 10.9. The summed E-state index contributed by atoms with van der Waals surface area (Å²) in [7, 11) is 0. The number of nitrogens with zero attached hydrogens (tertiary/aromatic N) is 1. The minimum atomic E-state index is -0.363. The normalized spacial score (nSPS) is 18.3. The van der Waals surface area contributed by atoms with Gasteiger partial charge in [0.1, 0.15) is 0 Å². The highest BCUT2D eigenvalue weighted by atomic mass is 16.6. The second kappa shape index (κ2) is 5.48. The first-order valence-electron chi connectivity index (χ1n) is 6.56. The first kappa shape index (κ1) is 13.0. The lowest BCUT2D eigenvalue weighted by atomic mass is 10.1. The van der Waals surface area contributed by atoms with Crippen molar-refractivity contribution in [2.75, 3.05) is 0 Å². The van der Waals surface area contributed by atoms with Crippen molar-refractivity contribution < 1.29 is 4.92 Å². The largest absolute Gasteiger partial charge is 0.308 e. The molecule has 2 unspecified atom stereocenters.